The van der Waals surface area contributed by atoms with Gasteiger partial charge in [-0.05, 0) is 49.4 Å². The second-order valence-electron chi connectivity index (χ2n) is 5.48. The summed E-state index contributed by atoms with van der Waals surface area (Å²) in [4.78, 5) is 12.0. The molecular formula is C15H22ClFN2O. The number of rotatable bonds is 3. The first-order valence-corrected chi connectivity index (χ1v) is 6.87. The van der Waals surface area contributed by atoms with Gasteiger partial charge in [-0.15, -0.1) is 12.4 Å². The van der Waals surface area contributed by atoms with E-state index in [-0.39, 0.29) is 36.1 Å². The molecule has 0 heterocycles. The first-order chi connectivity index (χ1) is 9.04. The van der Waals surface area contributed by atoms with Crippen molar-refractivity contribution < 1.29 is 9.18 Å². The minimum Gasteiger partial charge on any atom is -0.327 e. The van der Waals surface area contributed by atoms with Crippen molar-refractivity contribution in [3.8, 4) is 0 Å². The highest BCUT2D eigenvalue weighted by Crippen LogP contribution is 2.26. The number of aryl methyl sites for hydroxylation is 1. The van der Waals surface area contributed by atoms with Crippen molar-refractivity contribution >= 4 is 24.0 Å². The lowest BCUT2D eigenvalue weighted by Gasteiger charge is -2.27. The molecule has 0 saturated heterocycles. The fourth-order valence-corrected chi connectivity index (χ4v) is 2.75. The highest BCUT2D eigenvalue weighted by Gasteiger charge is 2.24. The van der Waals surface area contributed by atoms with Crippen LogP contribution in [0.25, 0.3) is 0 Å². The van der Waals surface area contributed by atoms with Crippen LogP contribution in [0.1, 0.15) is 37.7 Å². The Morgan fingerprint density at radius 1 is 1.35 bits per heavy atom. The van der Waals surface area contributed by atoms with Crippen LogP contribution in [0.2, 0.25) is 0 Å². The fraction of sp³-hybridized carbons (Fsp3) is 0.533. The largest absolute Gasteiger partial charge is 0.327 e. The van der Waals surface area contributed by atoms with Gasteiger partial charge in [0.1, 0.15) is 5.82 Å². The van der Waals surface area contributed by atoms with Gasteiger partial charge in [0.05, 0.1) is 0 Å². The fourth-order valence-electron chi connectivity index (χ4n) is 2.75. The Morgan fingerprint density at radius 3 is 2.70 bits per heavy atom. The van der Waals surface area contributed by atoms with Crippen LogP contribution in [0, 0.1) is 18.7 Å². The standard InChI is InChI=1S/C15H21FN2O.ClH/c1-10-6-12(16)9-13(7-10)18-15(19)8-11-4-2-3-5-14(11)17;/h6-7,9,11,14H,2-5,8,17H2,1H3,(H,18,19);1H. The molecule has 1 aromatic carbocycles. The average Bonchev–Trinajstić information content (AvgIpc) is 2.30. The van der Waals surface area contributed by atoms with Crippen LogP contribution < -0.4 is 11.1 Å². The van der Waals surface area contributed by atoms with Gasteiger partial charge < -0.3 is 11.1 Å². The van der Waals surface area contributed by atoms with Gasteiger partial charge in [0.15, 0.2) is 0 Å². The van der Waals surface area contributed by atoms with Gasteiger partial charge >= 0.3 is 0 Å². The average molecular weight is 301 g/mol. The Bertz CT molecular complexity index is 447. The number of carbonyl (C=O) groups excluding carboxylic acids is 1. The van der Waals surface area contributed by atoms with Gasteiger partial charge in [0.2, 0.25) is 5.91 Å². The zero-order chi connectivity index (χ0) is 13.8. The number of amides is 1. The van der Waals surface area contributed by atoms with E-state index in [1.807, 2.05) is 0 Å². The van der Waals surface area contributed by atoms with Gasteiger partial charge in [-0.25, -0.2) is 4.39 Å². The molecule has 1 fully saturated rings. The number of anilines is 1. The minimum absolute atomic E-state index is 0. The summed E-state index contributed by atoms with van der Waals surface area (Å²) in [7, 11) is 0. The van der Waals surface area contributed by atoms with Gasteiger partial charge in [-0.3, -0.25) is 4.79 Å². The second-order valence-corrected chi connectivity index (χ2v) is 5.48. The molecule has 1 aliphatic carbocycles. The summed E-state index contributed by atoms with van der Waals surface area (Å²) in [6.07, 6.45) is 4.73. The van der Waals surface area contributed by atoms with E-state index in [2.05, 4.69) is 5.32 Å². The highest BCUT2D eigenvalue weighted by molar-refractivity contribution is 5.91. The molecule has 1 amide bonds. The summed E-state index contributed by atoms with van der Waals surface area (Å²) < 4.78 is 13.2. The van der Waals surface area contributed by atoms with Gasteiger partial charge in [-0.1, -0.05) is 12.8 Å². The van der Waals surface area contributed by atoms with Gasteiger partial charge in [-0.2, -0.15) is 0 Å². The van der Waals surface area contributed by atoms with E-state index in [9.17, 15) is 9.18 Å². The summed E-state index contributed by atoms with van der Waals surface area (Å²) >= 11 is 0. The van der Waals surface area contributed by atoms with Crippen molar-refractivity contribution in [2.24, 2.45) is 11.7 Å². The first kappa shape index (κ1) is 16.9. The molecule has 0 aliphatic heterocycles. The molecule has 1 aromatic rings. The molecule has 2 rings (SSSR count). The smallest absolute Gasteiger partial charge is 0.224 e. The lowest BCUT2D eigenvalue weighted by molar-refractivity contribution is -0.117. The van der Waals surface area contributed by atoms with Crippen LogP contribution in [0.3, 0.4) is 0 Å². The van der Waals surface area contributed by atoms with Crippen LogP contribution in [0.15, 0.2) is 18.2 Å². The van der Waals surface area contributed by atoms with E-state index in [0.717, 1.165) is 31.2 Å². The van der Waals surface area contributed by atoms with Gasteiger partial charge in [0, 0.05) is 18.2 Å². The molecule has 0 aromatic heterocycles. The third-order valence-corrected chi connectivity index (χ3v) is 3.74. The number of carbonyl (C=O) groups is 1. The first-order valence-electron chi connectivity index (χ1n) is 6.87. The van der Waals surface area contributed by atoms with Crippen molar-refractivity contribution in [1.82, 2.24) is 0 Å². The molecular weight excluding hydrogens is 279 g/mol. The summed E-state index contributed by atoms with van der Waals surface area (Å²) in [5, 5.41) is 2.76. The number of halogens is 2. The maximum atomic E-state index is 13.2. The van der Waals surface area contributed by atoms with E-state index in [1.54, 1.807) is 13.0 Å². The van der Waals surface area contributed by atoms with Crippen molar-refractivity contribution in [2.75, 3.05) is 5.32 Å². The molecule has 0 radical (unpaired) electrons. The molecule has 1 aliphatic rings. The van der Waals surface area contributed by atoms with Crippen LogP contribution in [0.5, 0.6) is 0 Å². The molecule has 112 valence electrons. The van der Waals surface area contributed by atoms with Crippen LogP contribution in [-0.2, 0) is 4.79 Å². The second kappa shape index (κ2) is 7.60. The van der Waals surface area contributed by atoms with Crippen LogP contribution >= 0.6 is 12.4 Å². The molecule has 2 atom stereocenters. The Morgan fingerprint density at radius 2 is 2.05 bits per heavy atom. The summed E-state index contributed by atoms with van der Waals surface area (Å²) in [6, 6.07) is 4.66. The van der Waals surface area contributed by atoms with E-state index in [1.165, 1.54) is 12.1 Å². The topological polar surface area (TPSA) is 55.1 Å². The zero-order valence-electron chi connectivity index (χ0n) is 11.7. The normalized spacial score (nSPS) is 21.9. The third-order valence-electron chi connectivity index (χ3n) is 3.74. The van der Waals surface area contributed by atoms with Gasteiger partial charge in [0.25, 0.3) is 0 Å². The maximum absolute atomic E-state index is 13.2. The zero-order valence-corrected chi connectivity index (χ0v) is 12.5. The van der Waals surface area contributed by atoms with E-state index < -0.39 is 0 Å². The number of nitrogens with one attached hydrogen (secondary N) is 1. The highest BCUT2D eigenvalue weighted by atomic mass is 35.5. The number of hydrogen-bond acceptors (Lipinski definition) is 2. The van der Waals surface area contributed by atoms with Crippen molar-refractivity contribution in [3.63, 3.8) is 0 Å². The SMILES string of the molecule is Cc1cc(F)cc(NC(=O)CC2CCCCC2N)c1.Cl. The van der Waals surface area contributed by atoms with Crippen molar-refractivity contribution in [2.45, 2.75) is 45.1 Å². The van der Waals surface area contributed by atoms with Crippen LogP contribution in [0.4, 0.5) is 10.1 Å². The molecule has 20 heavy (non-hydrogen) atoms. The molecule has 3 N–H and O–H groups in total. The van der Waals surface area contributed by atoms with Crippen molar-refractivity contribution in [1.29, 1.82) is 0 Å². The van der Waals surface area contributed by atoms with Crippen LogP contribution in [-0.4, -0.2) is 11.9 Å². The van der Waals surface area contributed by atoms with Crippen molar-refractivity contribution in [3.05, 3.63) is 29.6 Å². The third kappa shape index (κ3) is 4.76. The quantitative estimate of drug-likeness (QED) is 0.899. The predicted molar refractivity (Wildman–Crippen MR) is 81.6 cm³/mol. The summed E-state index contributed by atoms with van der Waals surface area (Å²) in [5.41, 5.74) is 7.35. The molecule has 3 nitrogen and oxygen atoms in total. The molecule has 5 heteroatoms. The number of benzene rings is 1. The summed E-state index contributed by atoms with van der Waals surface area (Å²) in [6.45, 7) is 1.80. The Hall–Kier alpha value is -1.13. The molecule has 0 spiro atoms. The monoisotopic (exact) mass is 300 g/mol. The Balaban J connectivity index is 0.00000200. The minimum atomic E-state index is -0.329. The molecule has 0 bridgehead atoms. The lowest BCUT2D eigenvalue weighted by Crippen LogP contribution is -2.35. The lowest BCUT2D eigenvalue weighted by atomic mass is 9.83. The van der Waals surface area contributed by atoms with E-state index >= 15 is 0 Å². The molecule has 1 saturated carbocycles. The summed E-state index contributed by atoms with van der Waals surface area (Å²) in [5.74, 6) is -0.152. The maximum Gasteiger partial charge on any atom is 0.224 e. The Labute approximate surface area is 125 Å². The predicted octanol–water partition coefficient (Wildman–Crippen LogP) is 3.40. The number of nitrogens with two attached hydrogens (primary N) is 1. The van der Waals surface area contributed by atoms with E-state index in [0.29, 0.717) is 12.1 Å². The Kier molecular flexibility index (Phi) is 6.43. The molecule has 2 unspecified atom stereocenters. The number of hydrogen-bond donors (Lipinski definition) is 2. The van der Waals surface area contributed by atoms with E-state index in [4.69, 9.17) is 5.73 Å².